The van der Waals surface area contributed by atoms with Crippen LogP contribution in [0.25, 0.3) is 16.8 Å². The number of carboxylic acids is 1. The number of imidazole rings is 1. The number of aliphatic carboxylic acids is 1. The summed E-state index contributed by atoms with van der Waals surface area (Å²) in [6.45, 7) is 0. The van der Waals surface area contributed by atoms with Gasteiger partial charge in [0.25, 0.3) is 5.91 Å². The minimum atomic E-state index is -1.19. The van der Waals surface area contributed by atoms with E-state index in [1.807, 2.05) is 24.4 Å². The van der Waals surface area contributed by atoms with E-state index in [0.717, 1.165) is 11.1 Å². The van der Waals surface area contributed by atoms with Crippen molar-refractivity contribution in [3.05, 3.63) is 95.2 Å². The molecule has 2 heterocycles. The first-order valence-electron chi connectivity index (χ1n) is 9.42. The third-order valence-electron chi connectivity index (χ3n) is 4.82. The topological polar surface area (TPSA) is 83.7 Å². The maximum atomic E-state index is 13.1. The van der Waals surface area contributed by atoms with Gasteiger partial charge < -0.3 is 14.8 Å². The van der Waals surface area contributed by atoms with Gasteiger partial charge in [0.05, 0.1) is 0 Å². The second-order valence-corrected chi connectivity index (χ2v) is 7.45. The molecule has 0 bridgehead atoms. The van der Waals surface area contributed by atoms with Crippen molar-refractivity contribution in [2.75, 3.05) is 0 Å². The molecule has 2 N–H and O–H groups in total. The lowest BCUT2D eigenvalue weighted by atomic mass is 10.1. The molecule has 8 heteroatoms. The van der Waals surface area contributed by atoms with Crippen LogP contribution in [0.2, 0.25) is 5.02 Å². The Hall–Kier alpha value is -3.71. The molecule has 0 aliphatic rings. The van der Waals surface area contributed by atoms with Gasteiger partial charge in [0, 0.05) is 23.8 Å². The Balaban J connectivity index is 1.54. The molecule has 1 amide bonds. The van der Waals surface area contributed by atoms with E-state index in [1.54, 1.807) is 28.8 Å². The molecule has 0 aliphatic carbocycles. The first-order valence-corrected chi connectivity index (χ1v) is 9.79. The zero-order chi connectivity index (χ0) is 22.0. The van der Waals surface area contributed by atoms with Gasteiger partial charge >= 0.3 is 5.97 Å². The van der Waals surface area contributed by atoms with Crippen LogP contribution in [0.5, 0.6) is 0 Å². The molecule has 1 atom stereocenters. The SMILES string of the molecule is O=C(NC(Cc1ccc(F)cc1)C(=O)O)c1cn2cc(-c3ccc(Cl)cc3)ccc2n1. The lowest BCUT2D eigenvalue weighted by molar-refractivity contribution is -0.139. The van der Waals surface area contributed by atoms with Gasteiger partial charge in [-0.15, -0.1) is 0 Å². The van der Waals surface area contributed by atoms with Crippen molar-refractivity contribution >= 4 is 29.1 Å². The number of nitrogens with one attached hydrogen (secondary N) is 1. The average Bonchev–Trinajstić information content (AvgIpc) is 3.19. The number of halogens is 2. The minimum absolute atomic E-state index is 0.0233. The molecule has 2 aromatic heterocycles. The summed E-state index contributed by atoms with van der Waals surface area (Å²) < 4.78 is 14.8. The Labute approximate surface area is 181 Å². The summed E-state index contributed by atoms with van der Waals surface area (Å²) in [5.74, 6) is -2.21. The summed E-state index contributed by atoms with van der Waals surface area (Å²) in [5.41, 5.74) is 3.10. The molecule has 0 spiro atoms. The van der Waals surface area contributed by atoms with Crippen molar-refractivity contribution < 1.29 is 19.1 Å². The summed E-state index contributed by atoms with van der Waals surface area (Å²) in [7, 11) is 0. The maximum absolute atomic E-state index is 13.1. The highest BCUT2D eigenvalue weighted by Gasteiger charge is 2.22. The number of carbonyl (C=O) groups is 2. The van der Waals surface area contributed by atoms with E-state index < -0.39 is 23.7 Å². The zero-order valence-electron chi connectivity index (χ0n) is 16.1. The van der Waals surface area contributed by atoms with Crippen molar-refractivity contribution in [2.45, 2.75) is 12.5 Å². The summed E-state index contributed by atoms with van der Waals surface area (Å²) in [6, 6.07) is 15.3. The van der Waals surface area contributed by atoms with Gasteiger partial charge in [0.1, 0.15) is 23.2 Å². The third-order valence-corrected chi connectivity index (χ3v) is 5.07. The van der Waals surface area contributed by atoms with Gasteiger partial charge in [0.2, 0.25) is 0 Å². The van der Waals surface area contributed by atoms with Gasteiger partial charge in [-0.1, -0.05) is 35.9 Å². The predicted molar refractivity (Wildman–Crippen MR) is 115 cm³/mol. The highest BCUT2D eigenvalue weighted by atomic mass is 35.5. The fourth-order valence-corrected chi connectivity index (χ4v) is 3.33. The fourth-order valence-electron chi connectivity index (χ4n) is 3.20. The number of pyridine rings is 1. The van der Waals surface area contributed by atoms with Crippen LogP contribution in [-0.4, -0.2) is 32.4 Å². The van der Waals surface area contributed by atoms with Crippen molar-refractivity contribution in [3.63, 3.8) is 0 Å². The number of nitrogens with zero attached hydrogens (tertiary/aromatic N) is 2. The Morgan fingerprint density at radius 3 is 2.35 bits per heavy atom. The molecule has 0 saturated carbocycles. The van der Waals surface area contributed by atoms with E-state index in [9.17, 15) is 19.1 Å². The van der Waals surface area contributed by atoms with Crippen molar-refractivity contribution in [3.8, 4) is 11.1 Å². The third kappa shape index (κ3) is 4.73. The molecule has 1 unspecified atom stereocenters. The van der Waals surface area contributed by atoms with Crippen LogP contribution in [-0.2, 0) is 11.2 Å². The number of carbonyl (C=O) groups excluding carboxylic acids is 1. The van der Waals surface area contributed by atoms with Crippen LogP contribution < -0.4 is 5.32 Å². The molecule has 4 rings (SSSR count). The molecule has 0 aliphatic heterocycles. The highest BCUT2D eigenvalue weighted by Crippen LogP contribution is 2.22. The van der Waals surface area contributed by atoms with Crippen molar-refractivity contribution in [2.24, 2.45) is 0 Å². The number of rotatable bonds is 6. The van der Waals surface area contributed by atoms with E-state index >= 15 is 0 Å². The molecule has 156 valence electrons. The van der Waals surface area contributed by atoms with Crippen LogP contribution in [0.1, 0.15) is 16.1 Å². The lowest BCUT2D eigenvalue weighted by Crippen LogP contribution is -2.42. The lowest BCUT2D eigenvalue weighted by Gasteiger charge is -2.13. The van der Waals surface area contributed by atoms with Crippen LogP contribution >= 0.6 is 11.6 Å². The normalized spacial score (nSPS) is 11.9. The standard InChI is InChI=1S/C23H17ClFN3O3/c24-17-6-3-15(4-7-17)16-5-10-21-26-20(13-28(21)12-16)22(29)27-19(23(30)31)11-14-1-8-18(25)9-2-14/h1-10,12-13,19H,11H2,(H,27,29)(H,30,31). The van der Waals surface area contributed by atoms with E-state index in [0.29, 0.717) is 16.2 Å². The summed E-state index contributed by atoms with van der Waals surface area (Å²) >= 11 is 5.94. The quantitative estimate of drug-likeness (QED) is 0.473. The van der Waals surface area contributed by atoms with E-state index in [-0.39, 0.29) is 12.1 Å². The van der Waals surface area contributed by atoms with Gasteiger partial charge in [-0.25, -0.2) is 14.2 Å². The second kappa shape index (κ2) is 8.57. The first kappa shape index (κ1) is 20.6. The fraction of sp³-hybridized carbons (Fsp3) is 0.0870. The molecular formula is C23H17ClFN3O3. The summed E-state index contributed by atoms with van der Waals surface area (Å²) in [5, 5.41) is 12.6. The maximum Gasteiger partial charge on any atom is 0.326 e. The molecule has 31 heavy (non-hydrogen) atoms. The molecule has 2 aromatic carbocycles. The number of aromatic nitrogens is 2. The van der Waals surface area contributed by atoms with Gasteiger partial charge in [0.15, 0.2) is 0 Å². The first-order chi connectivity index (χ1) is 14.9. The Bertz CT molecular complexity index is 1250. The molecule has 0 radical (unpaired) electrons. The zero-order valence-corrected chi connectivity index (χ0v) is 16.9. The average molecular weight is 438 g/mol. The summed E-state index contributed by atoms with van der Waals surface area (Å²) in [6.07, 6.45) is 3.39. The minimum Gasteiger partial charge on any atom is -0.480 e. The molecule has 0 saturated heterocycles. The number of hydrogen-bond donors (Lipinski definition) is 2. The van der Waals surface area contributed by atoms with E-state index in [2.05, 4.69) is 10.3 Å². The van der Waals surface area contributed by atoms with Gasteiger partial charge in [-0.2, -0.15) is 0 Å². The number of amides is 1. The number of benzene rings is 2. The van der Waals surface area contributed by atoms with Gasteiger partial charge in [-0.3, -0.25) is 4.79 Å². The molecule has 6 nitrogen and oxygen atoms in total. The Morgan fingerprint density at radius 1 is 1.00 bits per heavy atom. The number of hydrogen-bond acceptors (Lipinski definition) is 3. The highest BCUT2D eigenvalue weighted by molar-refractivity contribution is 6.30. The molecule has 0 fully saturated rings. The monoisotopic (exact) mass is 437 g/mol. The second-order valence-electron chi connectivity index (χ2n) is 7.01. The molecular weight excluding hydrogens is 421 g/mol. The van der Waals surface area contributed by atoms with Crippen molar-refractivity contribution in [1.82, 2.24) is 14.7 Å². The largest absolute Gasteiger partial charge is 0.480 e. The molecule has 4 aromatic rings. The van der Waals surface area contributed by atoms with Crippen molar-refractivity contribution in [1.29, 1.82) is 0 Å². The van der Waals surface area contributed by atoms with Crippen LogP contribution in [0.4, 0.5) is 4.39 Å². The number of carboxylic acid groups (broad SMARTS) is 1. The Kier molecular flexibility index (Phi) is 5.68. The van der Waals surface area contributed by atoms with Crippen LogP contribution in [0, 0.1) is 5.82 Å². The van der Waals surface area contributed by atoms with Crippen LogP contribution in [0.3, 0.4) is 0 Å². The smallest absolute Gasteiger partial charge is 0.326 e. The van der Waals surface area contributed by atoms with E-state index in [4.69, 9.17) is 11.6 Å². The van der Waals surface area contributed by atoms with Crippen LogP contribution in [0.15, 0.2) is 73.1 Å². The number of fused-ring (bicyclic) bond motifs is 1. The van der Waals surface area contributed by atoms with E-state index in [1.165, 1.54) is 24.3 Å². The van der Waals surface area contributed by atoms with Gasteiger partial charge in [-0.05, 0) is 53.1 Å². The predicted octanol–water partition coefficient (Wildman–Crippen LogP) is 4.22. The Morgan fingerprint density at radius 2 is 1.68 bits per heavy atom. The summed E-state index contributed by atoms with van der Waals surface area (Å²) in [4.78, 5) is 28.5.